The van der Waals surface area contributed by atoms with Crippen molar-refractivity contribution in [2.24, 2.45) is 0 Å². The molecule has 9 heteroatoms. The largest absolute Gasteiger partial charge is 0.480 e. The molecule has 2 radical (unpaired) electrons. The van der Waals surface area contributed by atoms with Gasteiger partial charge in [0, 0.05) is 0 Å². The first-order valence-electron chi connectivity index (χ1n) is 5.09. The lowest BCUT2D eigenvalue weighted by Crippen LogP contribution is -2.40. The van der Waals surface area contributed by atoms with Crippen LogP contribution >= 0.6 is 0 Å². The predicted molar refractivity (Wildman–Crippen MR) is 62.8 cm³/mol. The van der Waals surface area contributed by atoms with Crippen LogP contribution in [0.15, 0.2) is 24.3 Å². The molecule has 0 aliphatic rings. The summed E-state index contributed by atoms with van der Waals surface area (Å²) in [5.74, 6) is -1.74. The number of hydrogen-bond donors (Lipinski definition) is 1. The Balaban J connectivity index is 2.94. The molecule has 0 fully saturated rings. The lowest BCUT2D eigenvalue weighted by molar-refractivity contribution is -0.188. The van der Waals surface area contributed by atoms with E-state index in [1.807, 2.05) is 0 Å². The van der Waals surface area contributed by atoms with Gasteiger partial charge in [0.05, 0.1) is 7.85 Å². The molecule has 0 heterocycles. The highest BCUT2D eigenvalue weighted by Gasteiger charge is 2.44. The third kappa shape index (κ3) is 5.52. The summed E-state index contributed by atoms with van der Waals surface area (Å²) in [5.41, 5.74) is 0.533. The Morgan fingerprint density at radius 3 is 2.47 bits per heavy atom. The maximum atomic E-state index is 12.6. The minimum atomic E-state index is -4.92. The zero-order chi connectivity index (χ0) is 14.7. The van der Waals surface area contributed by atoms with Gasteiger partial charge < -0.3 is 4.74 Å². The maximum absolute atomic E-state index is 12.6. The molecule has 1 aromatic carbocycles. The Hall–Kier alpha value is -1.22. The van der Waals surface area contributed by atoms with Gasteiger partial charge in [-0.2, -0.15) is 21.6 Å². The van der Waals surface area contributed by atoms with Gasteiger partial charge in [-0.3, -0.25) is 4.55 Å². The Labute approximate surface area is 109 Å². The number of hydrogen-bond acceptors (Lipinski definition) is 3. The molecule has 0 saturated heterocycles. The maximum Gasteiger partial charge on any atom is 0.426 e. The normalized spacial score (nSPS) is 14.1. The van der Waals surface area contributed by atoms with Gasteiger partial charge in [0.1, 0.15) is 11.5 Å². The van der Waals surface area contributed by atoms with Crippen LogP contribution in [-0.4, -0.2) is 38.8 Å². The topological polar surface area (TPSA) is 63.6 Å². The van der Waals surface area contributed by atoms with Crippen LogP contribution in [0.5, 0.6) is 5.75 Å². The van der Waals surface area contributed by atoms with Crippen LogP contribution < -0.4 is 4.74 Å². The molecular formula is C10H10BF3O4S. The van der Waals surface area contributed by atoms with Crippen LogP contribution in [0, 0.1) is 0 Å². The molecular weight excluding hydrogens is 284 g/mol. The van der Waals surface area contributed by atoms with E-state index in [0.29, 0.717) is 5.56 Å². The third-order valence-electron chi connectivity index (χ3n) is 2.14. The molecule has 19 heavy (non-hydrogen) atoms. The zero-order valence-electron chi connectivity index (χ0n) is 9.59. The first-order chi connectivity index (χ1) is 8.62. The fourth-order valence-electron chi connectivity index (χ4n) is 1.30. The Bertz CT molecular complexity index is 530. The van der Waals surface area contributed by atoms with E-state index in [2.05, 4.69) is 4.74 Å². The van der Waals surface area contributed by atoms with Crippen molar-refractivity contribution >= 4 is 18.0 Å². The fourth-order valence-corrected chi connectivity index (χ4v) is 1.94. The van der Waals surface area contributed by atoms with E-state index in [-0.39, 0.29) is 12.1 Å². The van der Waals surface area contributed by atoms with Crippen molar-refractivity contribution in [3.63, 3.8) is 0 Å². The van der Waals surface area contributed by atoms with Crippen LogP contribution in [0.2, 0.25) is 0 Å². The first kappa shape index (κ1) is 15.8. The number of benzene rings is 1. The van der Waals surface area contributed by atoms with Gasteiger partial charge in [0.25, 0.3) is 10.1 Å². The molecule has 1 N–H and O–H groups in total. The van der Waals surface area contributed by atoms with Crippen molar-refractivity contribution in [3.05, 3.63) is 29.8 Å². The Kier molecular flexibility index (Phi) is 4.86. The molecule has 104 valence electrons. The highest BCUT2D eigenvalue weighted by Crippen LogP contribution is 2.26. The van der Waals surface area contributed by atoms with E-state index in [1.165, 1.54) is 18.2 Å². The fraction of sp³-hybridized carbons (Fsp3) is 0.400. The average molecular weight is 294 g/mol. The number of alkyl halides is 3. The van der Waals surface area contributed by atoms with E-state index < -0.39 is 28.2 Å². The Morgan fingerprint density at radius 2 is 2.00 bits per heavy atom. The Morgan fingerprint density at radius 1 is 1.37 bits per heavy atom. The molecule has 0 amide bonds. The van der Waals surface area contributed by atoms with Crippen molar-refractivity contribution in [1.29, 1.82) is 0 Å². The van der Waals surface area contributed by atoms with Gasteiger partial charge in [-0.05, 0) is 12.1 Å². The second kappa shape index (κ2) is 5.83. The number of rotatable bonds is 5. The molecule has 1 unspecified atom stereocenters. The highest BCUT2D eigenvalue weighted by atomic mass is 32.2. The molecule has 1 aromatic rings. The minimum Gasteiger partial charge on any atom is -0.480 e. The summed E-state index contributed by atoms with van der Waals surface area (Å²) >= 11 is 0. The summed E-state index contributed by atoms with van der Waals surface area (Å²) in [5, 5.41) is 0. The van der Waals surface area contributed by atoms with Crippen LogP contribution in [0.4, 0.5) is 13.2 Å². The summed E-state index contributed by atoms with van der Waals surface area (Å²) in [6, 6.07) is 5.52. The van der Waals surface area contributed by atoms with Crippen molar-refractivity contribution in [2.75, 3.05) is 5.75 Å². The summed E-state index contributed by atoms with van der Waals surface area (Å²) in [4.78, 5) is 0. The molecule has 1 rings (SSSR count). The lowest BCUT2D eigenvalue weighted by atomic mass is 9.97. The second-order valence-electron chi connectivity index (χ2n) is 3.75. The number of halogens is 3. The summed E-state index contributed by atoms with van der Waals surface area (Å²) < 4.78 is 72.0. The van der Waals surface area contributed by atoms with Crippen LogP contribution in [0.1, 0.15) is 5.56 Å². The SMILES string of the molecule is [B]Cc1cccc(OC(CS(=O)(=O)O)C(F)(F)F)c1. The summed E-state index contributed by atoms with van der Waals surface area (Å²) in [7, 11) is 0.511. The molecule has 0 aliphatic carbocycles. The quantitative estimate of drug-likeness (QED) is 0.661. The van der Waals surface area contributed by atoms with E-state index in [4.69, 9.17) is 12.4 Å². The predicted octanol–water partition coefficient (Wildman–Crippen LogP) is 1.55. The van der Waals surface area contributed by atoms with Gasteiger partial charge in [0.15, 0.2) is 0 Å². The summed E-state index contributed by atoms with van der Waals surface area (Å²) in [6.07, 6.45) is -7.46. The van der Waals surface area contributed by atoms with Gasteiger partial charge in [-0.1, -0.05) is 24.0 Å². The average Bonchev–Trinajstić information content (AvgIpc) is 2.25. The second-order valence-corrected chi connectivity index (χ2v) is 5.25. The molecule has 0 bridgehead atoms. The lowest BCUT2D eigenvalue weighted by Gasteiger charge is -2.20. The van der Waals surface area contributed by atoms with E-state index in [9.17, 15) is 21.6 Å². The van der Waals surface area contributed by atoms with Gasteiger partial charge in [0.2, 0.25) is 6.10 Å². The minimum absolute atomic E-state index is 0.103. The highest BCUT2D eigenvalue weighted by molar-refractivity contribution is 7.85. The molecule has 4 nitrogen and oxygen atoms in total. The van der Waals surface area contributed by atoms with E-state index >= 15 is 0 Å². The monoisotopic (exact) mass is 294 g/mol. The molecule has 0 spiro atoms. The van der Waals surface area contributed by atoms with Gasteiger partial charge in [-0.25, -0.2) is 0 Å². The van der Waals surface area contributed by atoms with Crippen molar-refractivity contribution in [1.82, 2.24) is 0 Å². The van der Waals surface area contributed by atoms with E-state index in [0.717, 1.165) is 0 Å². The van der Waals surface area contributed by atoms with Crippen LogP contribution in [0.25, 0.3) is 0 Å². The van der Waals surface area contributed by atoms with Crippen molar-refractivity contribution in [3.8, 4) is 5.75 Å². The van der Waals surface area contributed by atoms with Crippen LogP contribution in [-0.2, 0) is 16.4 Å². The van der Waals surface area contributed by atoms with Crippen LogP contribution in [0.3, 0.4) is 0 Å². The van der Waals surface area contributed by atoms with Crippen molar-refractivity contribution < 1.29 is 30.9 Å². The smallest absolute Gasteiger partial charge is 0.426 e. The number of ether oxygens (including phenoxy) is 1. The first-order valence-corrected chi connectivity index (χ1v) is 6.70. The molecule has 0 aromatic heterocycles. The van der Waals surface area contributed by atoms with Crippen molar-refractivity contribution in [2.45, 2.75) is 18.6 Å². The van der Waals surface area contributed by atoms with Gasteiger partial charge >= 0.3 is 6.18 Å². The standard InChI is InChI=1S/C10H10BF3O4S/c11-5-7-2-1-3-8(4-7)18-9(10(12,13)14)6-19(15,16)17/h1-4,9H,5-6H2,(H,15,16,17). The third-order valence-corrected chi connectivity index (χ3v) is 2.86. The zero-order valence-corrected chi connectivity index (χ0v) is 10.4. The molecule has 0 saturated carbocycles. The van der Waals surface area contributed by atoms with E-state index in [1.54, 1.807) is 6.07 Å². The molecule has 1 atom stereocenters. The summed E-state index contributed by atoms with van der Waals surface area (Å²) in [6.45, 7) is 0. The molecule has 0 aliphatic heterocycles. The van der Waals surface area contributed by atoms with Gasteiger partial charge in [-0.15, -0.1) is 0 Å².